The molecule has 1 heterocycles. The van der Waals surface area contributed by atoms with Crippen LogP contribution in [-0.2, 0) is 4.79 Å². The van der Waals surface area contributed by atoms with E-state index in [1.54, 1.807) is 0 Å². The zero-order valence-electron chi connectivity index (χ0n) is 10.2. The van der Waals surface area contributed by atoms with Crippen LogP contribution >= 0.6 is 0 Å². The molecule has 1 saturated heterocycles. The first-order valence-electron chi connectivity index (χ1n) is 5.86. The lowest BCUT2D eigenvalue weighted by molar-refractivity contribution is -0.127. The molecule has 0 N–H and O–H groups in total. The first kappa shape index (κ1) is 12.6. The number of likely N-dealkylation sites (tertiary alicyclic amines) is 1. The molecule has 3 heteroatoms. The summed E-state index contributed by atoms with van der Waals surface area (Å²) in [5.41, 5.74) is 0. The van der Waals surface area contributed by atoms with Gasteiger partial charge in [0, 0.05) is 18.0 Å². The second kappa shape index (κ2) is 5.06. The van der Waals surface area contributed by atoms with E-state index in [-0.39, 0.29) is 36.5 Å². The minimum Gasteiger partial charge on any atom is -0.298 e. The molecule has 2 atom stereocenters. The Bertz CT molecular complexity index is 228. The number of ketones is 1. The second-order valence-corrected chi connectivity index (χ2v) is 5.00. The van der Waals surface area contributed by atoms with Crippen LogP contribution in [0.2, 0.25) is 0 Å². The van der Waals surface area contributed by atoms with Gasteiger partial charge in [-0.25, -0.2) is 4.39 Å². The summed E-state index contributed by atoms with van der Waals surface area (Å²) in [6.07, 6.45) is 1.64. The Balaban J connectivity index is 2.77. The molecule has 15 heavy (non-hydrogen) atoms. The topological polar surface area (TPSA) is 20.3 Å². The van der Waals surface area contributed by atoms with E-state index in [2.05, 4.69) is 4.90 Å². The van der Waals surface area contributed by atoms with E-state index in [1.807, 2.05) is 27.7 Å². The van der Waals surface area contributed by atoms with E-state index in [1.165, 1.54) is 0 Å². The summed E-state index contributed by atoms with van der Waals surface area (Å²) in [6, 6.07) is 0.157. The normalized spacial score (nSPS) is 27.9. The average molecular weight is 215 g/mol. The van der Waals surface area contributed by atoms with E-state index in [0.717, 1.165) is 12.8 Å². The quantitative estimate of drug-likeness (QED) is 0.718. The van der Waals surface area contributed by atoms with Crippen LogP contribution in [0.5, 0.6) is 0 Å². The van der Waals surface area contributed by atoms with Crippen molar-refractivity contribution < 1.29 is 9.18 Å². The third kappa shape index (κ3) is 2.57. The van der Waals surface area contributed by atoms with Gasteiger partial charge in [0.15, 0.2) is 5.78 Å². The van der Waals surface area contributed by atoms with E-state index < -0.39 is 0 Å². The first-order valence-corrected chi connectivity index (χ1v) is 5.86. The molecule has 0 radical (unpaired) electrons. The molecule has 0 saturated carbocycles. The molecule has 0 unspecified atom stereocenters. The van der Waals surface area contributed by atoms with Gasteiger partial charge in [0.25, 0.3) is 0 Å². The fraction of sp³-hybridized carbons (Fsp3) is 0.917. The standard InChI is InChI=1S/C12H22FNO/c1-8(2)12(15)11-6-5-10(7-13)14(11)9(3)4/h8-11H,5-7H2,1-4H3/t10-,11-/m0/s1. The molecular formula is C12H22FNO. The third-order valence-electron chi connectivity index (χ3n) is 3.23. The van der Waals surface area contributed by atoms with E-state index in [9.17, 15) is 9.18 Å². The van der Waals surface area contributed by atoms with Gasteiger partial charge < -0.3 is 0 Å². The number of Topliss-reactive ketones (excluding diaryl/α,β-unsaturated/α-hetero) is 1. The molecule has 0 aromatic carbocycles. The molecule has 2 nitrogen and oxygen atoms in total. The van der Waals surface area contributed by atoms with Crippen molar-refractivity contribution in [2.24, 2.45) is 5.92 Å². The van der Waals surface area contributed by atoms with Crippen LogP contribution in [0, 0.1) is 5.92 Å². The zero-order valence-corrected chi connectivity index (χ0v) is 10.2. The number of carbonyl (C=O) groups excluding carboxylic acids is 1. The first-order chi connectivity index (χ1) is 6.99. The van der Waals surface area contributed by atoms with Crippen LogP contribution in [0.4, 0.5) is 4.39 Å². The highest BCUT2D eigenvalue weighted by Gasteiger charge is 2.39. The lowest BCUT2D eigenvalue weighted by atomic mass is 9.99. The minimum atomic E-state index is -0.333. The number of halogens is 1. The van der Waals surface area contributed by atoms with Gasteiger partial charge in [0.2, 0.25) is 0 Å². The Morgan fingerprint density at radius 2 is 1.93 bits per heavy atom. The van der Waals surface area contributed by atoms with Crippen LogP contribution in [0.1, 0.15) is 40.5 Å². The fourth-order valence-electron chi connectivity index (χ4n) is 2.52. The maximum atomic E-state index is 12.8. The lowest BCUT2D eigenvalue weighted by Gasteiger charge is -2.32. The largest absolute Gasteiger partial charge is 0.298 e. The Morgan fingerprint density at radius 1 is 1.33 bits per heavy atom. The molecule has 0 aromatic heterocycles. The molecule has 1 aliphatic rings. The van der Waals surface area contributed by atoms with Gasteiger partial charge in [-0.1, -0.05) is 13.8 Å². The van der Waals surface area contributed by atoms with Crippen LogP contribution in [0.15, 0.2) is 0 Å². The molecule has 1 rings (SSSR count). The highest BCUT2D eigenvalue weighted by Crippen LogP contribution is 2.28. The fourth-order valence-corrected chi connectivity index (χ4v) is 2.52. The minimum absolute atomic E-state index is 0.0438. The summed E-state index contributed by atoms with van der Waals surface area (Å²) in [5.74, 6) is 0.314. The van der Waals surface area contributed by atoms with Gasteiger partial charge in [-0.3, -0.25) is 9.69 Å². The van der Waals surface area contributed by atoms with Crippen LogP contribution < -0.4 is 0 Å². The molecular weight excluding hydrogens is 193 g/mol. The number of hydrogen-bond donors (Lipinski definition) is 0. The highest BCUT2D eigenvalue weighted by atomic mass is 19.1. The van der Waals surface area contributed by atoms with Crippen molar-refractivity contribution in [3.05, 3.63) is 0 Å². The van der Waals surface area contributed by atoms with Gasteiger partial charge in [-0.15, -0.1) is 0 Å². The molecule has 0 bridgehead atoms. The lowest BCUT2D eigenvalue weighted by Crippen LogP contribution is -2.47. The molecule has 88 valence electrons. The number of carbonyl (C=O) groups is 1. The molecule has 0 aromatic rings. The Kier molecular flexibility index (Phi) is 4.26. The Hall–Kier alpha value is -0.440. The molecule has 0 aliphatic carbocycles. The Labute approximate surface area is 91.8 Å². The summed E-state index contributed by atoms with van der Waals surface area (Å²) in [6.45, 7) is 7.58. The monoisotopic (exact) mass is 215 g/mol. The average Bonchev–Trinajstić information content (AvgIpc) is 2.59. The number of alkyl halides is 1. The van der Waals surface area contributed by atoms with E-state index >= 15 is 0 Å². The van der Waals surface area contributed by atoms with Crippen molar-refractivity contribution in [2.45, 2.75) is 58.7 Å². The predicted molar refractivity (Wildman–Crippen MR) is 59.6 cm³/mol. The summed E-state index contributed by atoms with van der Waals surface area (Å²) < 4.78 is 12.8. The van der Waals surface area contributed by atoms with Gasteiger partial charge in [-0.05, 0) is 26.7 Å². The number of hydrogen-bond acceptors (Lipinski definition) is 2. The van der Waals surface area contributed by atoms with Crippen molar-refractivity contribution >= 4 is 5.78 Å². The number of rotatable bonds is 4. The van der Waals surface area contributed by atoms with Crippen LogP contribution in [0.3, 0.4) is 0 Å². The van der Waals surface area contributed by atoms with Crippen LogP contribution in [0.25, 0.3) is 0 Å². The molecule has 0 spiro atoms. The van der Waals surface area contributed by atoms with Crippen molar-refractivity contribution in [1.29, 1.82) is 0 Å². The summed E-state index contributed by atoms with van der Waals surface area (Å²) in [4.78, 5) is 14.0. The Morgan fingerprint density at radius 3 is 2.33 bits per heavy atom. The zero-order chi connectivity index (χ0) is 11.6. The van der Waals surface area contributed by atoms with Gasteiger partial charge in [0.1, 0.15) is 6.67 Å². The summed E-state index contributed by atoms with van der Waals surface area (Å²) >= 11 is 0. The maximum Gasteiger partial charge on any atom is 0.152 e. The predicted octanol–water partition coefficient (Wildman–Crippen LogP) is 2.42. The van der Waals surface area contributed by atoms with Gasteiger partial charge in [-0.2, -0.15) is 0 Å². The van der Waals surface area contributed by atoms with Crippen molar-refractivity contribution in [3.63, 3.8) is 0 Å². The smallest absolute Gasteiger partial charge is 0.152 e. The molecule has 1 aliphatic heterocycles. The number of nitrogens with zero attached hydrogens (tertiary/aromatic N) is 1. The van der Waals surface area contributed by atoms with E-state index in [0.29, 0.717) is 0 Å². The highest BCUT2D eigenvalue weighted by molar-refractivity contribution is 5.86. The van der Waals surface area contributed by atoms with Crippen molar-refractivity contribution in [1.82, 2.24) is 4.90 Å². The summed E-state index contributed by atoms with van der Waals surface area (Å²) in [5, 5.41) is 0. The summed E-state index contributed by atoms with van der Waals surface area (Å²) in [7, 11) is 0. The maximum absolute atomic E-state index is 12.8. The van der Waals surface area contributed by atoms with Crippen molar-refractivity contribution in [2.75, 3.05) is 6.67 Å². The SMILES string of the molecule is CC(C)C(=O)[C@@H]1CC[C@@H](CF)N1C(C)C. The second-order valence-electron chi connectivity index (χ2n) is 5.00. The third-order valence-corrected chi connectivity index (χ3v) is 3.23. The van der Waals surface area contributed by atoms with Crippen molar-refractivity contribution in [3.8, 4) is 0 Å². The molecule has 1 fully saturated rings. The molecule has 0 amide bonds. The van der Waals surface area contributed by atoms with E-state index in [4.69, 9.17) is 0 Å². The van der Waals surface area contributed by atoms with Crippen LogP contribution in [-0.4, -0.2) is 35.5 Å². The van der Waals surface area contributed by atoms with Gasteiger partial charge in [0.05, 0.1) is 6.04 Å². The van der Waals surface area contributed by atoms with Gasteiger partial charge >= 0.3 is 0 Å².